The summed E-state index contributed by atoms with van der Waals surface area (Å²) < 4.78 is 4.82. The van der Waals surface area contributed by atoms with E-state index in [1.807, 2.05) is 13.0 Å². The van der Waals surface area contributed by atoms with Gasteiger partial charge in [0, 0.05) is 11.5 Å². The summed E-state index contributed by atoms with van der Waals surface area (Å²) in [6, 6.07) is 0. The number of allylic oxidation sites excluding steroid dienone is 3. The van der Waals surface area contributed by atoms with Gasteiger partial charge in [0.2, 0.25) is 0 Å². The zero-order valence-electron chi connectivity index (χ0n) is 11.1. The van der Waals surface area contributed by atoms with Crippen LogP contribution in [-0.2, 0) is 9.53 Å². The second-order valence-electron chi connectivity index (χ2n) is 5.30. The number of ether oxygens (including phenoxy) is 1. The van der Waals surface area contributed by atoms with Gasteiger partial charge in [-0.05, 0) is 32.1 Å². The van der Waals surface area contributed by atoms with Crippen molar-refractivity contribution in [1.29, 1.82) is 0 Å². The molecule has 0 heterocycles. The first kappa shape index (κ1) is 13.0. The van der Waals surface area contributed by atoms with E-state index in [1.54, 1.807) is 0 Å². The van der Waals surface area contributed by atoms with Crippen LogP contribution in [0.3, 0.4) is 0 Å². The minimum atomic E-state index is -0.190. The van der Waals surface area contributed by atoms with Gasteiger partial charge < -0.3 is 4.74 Å². The molecular weight excluding hydrogens is 200 g/mol. The van der Waals surface area contributed by atoms with Crippen LogP contribution in [0.2, 0.25) is 0 Å². The van der Waals surface area contributed by atoms with Crippen LogP contribution in [0.1, 0.15) is 34.6 Å². The third kappa shape index (κ3) is 2.21. The molecule has 0 aromatic rings. The summed E-state index contributed by atoms with van der Waals surface area (Å²) in [6.45, 7) is 10.5. The zero-order chi connectivity index (χ0) is 12.5. The summed E-state index contributed by atoms with van der Waals surface area (Å²) in [5.41, 5.74) is 2.30. The Kier molecular flexibility index (Phi) is 3.61. The summed E-state index contributed by atoms with van der Waals surface area (Å²) in [7, 11) is 1.44. The average Bonchev–Trinajstić information content (AvgIpc) is 2.70. The lowest BCUT2D eigenvalue weighted by molar-refractivity contribution is -0.136. The molecule has 1 fully saturated rings. The molecule has 1 unspecified atom stereocenters. The molecule has 1 rings (SSSR count). The number of rotatable bonds is 3. The molecule has 0 aromatic carbocycles. The third-order valence-corrected chi connectivity index (χ3v) is 3.49. The van der Waals surface area contributed by atoms with Gasteiger partial charge in [-0.25, -0.2) is 4.79 Å². The molecule has 0 aromatic heterocycles. The Labute approximate surface area is 98.4 Å². The molecule has 1 aliphatic rings. The lowest BCUT2D eigenvalue weighted by Crippen LogP contribution is -2.09. The van der Waals surface area contributed by atoms with Crippen molar-refractivity contribution >= 4 is 5.97 Å². The van der Waals surface area contributed by atoms with Gasteiger partial charge in [0.1, 0.15) is 0 Å². The smallest absolute Gasteiger partial charge is 0.333 e. The Hall–Kier alpha value is -1.05. The molecule has 0 radical (unpaired) electrons. The minimum absolute atomic E-state index is 0.174. The van der Waals surface area contributed by atoms with E-state index < -0.39 is 0 Å². The van der Waals surface area contributed by atoms with Gasteiger partial charge in [-0.3, -0.25) is 0 Å². The second-order valence-corrected chi connectivity index (χ2v) is 5.30. The fourth-order valence-electron chi connectivity index (χ4n) is 2.48. The van der Waals surface area contributed by atoms with E-state index in [2.05, 4.69) is 33.8 Å². The normalized spacial score (nSPS) is 27.2. The number of esters is 1. The molecule has 0 saturated heterocycles. The van der Waals surface area contributed by atoms with Crippen molar-refractivity contribution in [2.75, 3.05) is 7.11 Å². The molecule has 2 nitrogen and oxygen atoms in total. The Bertz CT molecular complexity index is 344. The maximum Gasteiger partial charge on any atom is 0.333 e. The van der Waals surface area contributed by atoms with Crippen LogP contribution < -0.4 is 0 Å². The predicted octanol–water partition coefficient (Wildman–Crippen LogP) is 3.34. The van der Waals surface area contributed by atoms with Gasteiger partial charge in [0.05, 0.1) is 7.11 Å². The highest BCUT2D eigenvalue weighted by atomic mass is 16.5. The van der Waals surface area contributed by atoms with Gasteiger partial charge in [-0.15, -0.1) is 0 Å². The molecule has 0 amide bonds. The molecule has 0 spiro atoms. The van der Waals surface area contributed by atoms with Crippen molar-refractivity contribution in [2.45, 2.75) is 34.6 Å². The first-order valence-corrected chi connectivity index (χ1v) is 5.75. The molecular formula is C14H22O2. The van der Waals surface area contributed by atoms with E-state index in [0.717, 1.165) is 5.57 Å². The molecule has 2 heteroatoms. The summed E-state index contributed by atoms with van der Waals surface area (Å²) in [5.74, 6) is 0.577. The first-order chi connectivity index (χ1) is 7.36. The minimum Gasteiger partial charge on any atom is -0.466 e. The number of carbonyl (C=O) groups is 1. The Morgan fingerprint density at radius 3 is 2.25 bits per heavy atom. The molecule has 0 aliphatic heterocycles. The number of methoxy groups -OCH3 is 1. The van der Waals surface area contributed by atoms with Crippen LogP contribution in [-0.4, -0.2) is 13.1 Å². The fourth-order valence-corrected chi connectivity index (χ4v) is 2.48. The summed E-state index contributed by atoms with van der Waals surface area (Å²) in [6.07, 6.45) is 4.15. The molecule has 0 bridgehead atoms. The number of hydrogen-bond donors (Lipinski definition) is 0. The maximum absolute atomic E-state index is 11.6. The standard InChI is InChI=1S/C14H22O2/c1-7-10(13(15)16-6)12-11(8-9(2)3)14(12,4)5/h7-8,11-12H,1-6H3/b10-7+/t11?,12-/m1/s1. The highest BCUT2D eigenvalue weighted by Crippen LogP contribution is 2.62. The summed E-state index contributed by atoms with van der Waals surface area (Å²) in [5, 5.41) is 0. The number of hydrogen-bond acceptors (Lipinski definition) is 2. The summed E-state index contributed by atoms with van der Waals surface area (Å²) >= 11 is 0. The largest absolute Gasteiger partial charge is 0.466 e. The van der Waals surface area contributed by atoms with Crippen molar-refractivity contribution < 1.29 is 9.53 Å². The van der Waals surface area contributed by atoms with Crippen LogP contribution >= 0.6 is 0 Å². The maximum atomic E-state index is 11.6. The van der Waals surface area contributed by atoms with Crippen LogP contribution in [0.5, 0.6) is 0 Å². The van der Waals surface area contributed by atoms with E-state index in [0.29, 0.717) is 11.8 Å². The van der Waals surface area contributed by atoms with Gasteiger partial charge in [0.25, 0.3) is 0 Å². The SMILES string of the molecule is C/C=C(/C(=O)OC)[C@@H]1C(C=C(C)C)C1(C)C. The summed E-state index contributed by atoms with van der Waals surface area (Å²) in [4.78, 5) is 11.6. The molecule has 1 saturated carbocycles. The molecule has 16 heavy (non-hydrogen) atoms. The van der Waals surface area contributed by atoms with Gasteiger partial charge in [0.15, 0.2) is 0 Å². The van der Waals surface area contributed by atoms with Crippen LogP contribution in [0, 0.1) is 17.3 Å². The van der Waals surface area contributed by atoms with Crippen molar-refractivity contribution in [3.63, 3.8) is 0 Å². The van der Waals surface area contributed by atoms with Crippen LogP contribution in [0.4, 0.5) is 0 Å². The molecule has 2 atom stereocenters. The molecule has 90 valence electrons. The zero-order valence-corrected chi connectivity index (χ0v) is 11.1. The monoisotopic (exact) mass is 222 g/mol. The van der Waals surface area contributed by atoms with Crippen molar-refractivity contribution in [1.82, 2.24) is 0 Å². The van der Waals surface area contributed by atoms with Gasteiger partial charge in [-0.1, -0.05) is 31.6 Å². The first-order valence-electron chi connectivity index (χ1n) is 5.75. The van der Waals surface area contributed by atoms with Crippen molar-refractivity contribution in [3.8, 4) is 0 Å². The Balaban J connectivity index is 2.91. The van der Waals surface area contributed by atoms with E-state index in [9.17, 15) is 4.79 Å². The molecule has 0 N–H and O–H groups in total. The van der Waals surface area contributed by atoms with Gasteiger partial charge >= 0.3 is 5.97 Å². The Morgan fingerprint density at radius 1 is 1.31 bits per heavy atom. The predicted molar refractivity (Wildman–Crippen MR) is 66.0 cm³/mol. The van der Waals surface area contributed by atoms with Crippen molar-refractivity contribution in [3.05, 3.63) is 23.3 Å². The quantitative estimate of drug-likeness (QED) is 0.416. The molecule has 1 aliphatic carbocycles. The second kappa shape index (κ2) is 4.44. The van der Waals surface area contributed by atoms with E-state index in [-0.39, 0.29) is 11.4 Å². The average molecular weight is 222 g/mol. The van der Waals surface area contributed by atoms with Crippen LogP contribution in [0.15, 0.2) is 23.3 Å². The Morgan fingerprint density at radius 2 is 1.88 bits per heavy atom. The van der Waals surface area contributed by atoms with E-state index >= 15 is 0 Å². The lowest BCUT2D eigenvalue weighted by atomic mass is 10.0. The van der Waals surface area contributed by atoms with E-state index in [1.165, 1.54) is 12.7 Å². The van der Waals surface area contributed by atoms with E-state index in [4.69, 9.17) is 4.74 Å². The van der Waals surface area contributed by atoms with Crippen molar-refractivity contribution in [2.24, 2.45) is 17.3 Å². The topological polar surface area (TPSA) is 26.3 Å². The van der Waals surface area contributed by atoms with Gasteiger partial charge in [-0.2, -0.15) is 0 Å². The fraction of sp³-hybridized carbons (Fsp3) is 0.643. The number of carbonyl (C=O) groups excluding carboxylic acids is 1. The lowest BCUT2D eigenvalue weighted by Gasteiger charge is -2.05. The van der Waals surface area contributed by atoms with Crippen LogP contribution in [0.25, 0.3) is 0 Å². The highest BCUT2D eigenvalue weighted by molar-refractivity contribution is 5.90. The third-order valence-electron chi connectivity index (χ3n) is 3.49. The highest BCUT2D eigenvalue weighted by Gasteiger charge is 2.59.